The van der Waals surface area contributed by atoms with Gasteiger partial charge < -0.3 is 11.1 Å². The Morgan fingerprint density at radius 2 is 2.10 bits per heavy atom. The summed E-state index contributed by atoms with van der Waals surface area (Å²) < 4.78 is 1.82. The Bertz CT molecular complexity index is 734. The summed E-state index contributed by atoms with van der Waals surface area (Å²) in [4.78, 5) is 4.30. The Morgan fingerprint density at radius 1 is 1.19 bits per heavy atom. The topological polar surface area (TPSA) is 68.8 Å². The predicted molar refractivity (Wildman–Crippen MR) is 83.7 cm³/mol. The number of aromatic nitrogens is 3. The highest BCUT2D eigenvalue weighted by molar-refractivity contribution is 5.60. The van der Waals surface area contributed by atoms with E-state index in [-0.39, 0.29) is 0 Å². The third-order valence-corrected chi connectivity index (χ3v) is 3.24. The van der Waals surface area contributed by atoms with Crippen molar-refractivity contribution in [3.63, 3.8) is 0 Å². The molecule has 0 aliphatic heterocycles. The van der Waals surface area contributed by atoms with Crippen molar-refractivity contribution in [2.24, 2.45) is 5.73 Å². The van der Waals surface area contributed by atoms with Crippen molar-refractivity contribution in [3.8, 4) is 5.69 Å². The van der Waals surface area contributed by atoms with Crippen molar-refractivity contribution >= 4 is 11.5 Å². The van der Waals surface area contributed by atoms with E-state index in [4.69, 9.17) is 5.73 Å². The van der Waals surface area contributed by atoms with Gasteiger partial charge in [-0.05, 0) is 54.4 Å². The number of nitrogens with zero attached hydrogens (tertiary/aromatic N) is 3. The molecule has 2 heterocycles. The molecule has 3 N–H and O–H groups in total. The molecule has 0 aliphatic carbocycles. The molecular weight excluding hydrogens is 262 g/mol. The van der Waals surface area contributed by atoms with Crippen molar-refractivity contribution in [3.05, 3.63) is 66.1 Å². The number of pyridine rings is 1. The lowest BCUT2D eigenvalue weighted by Gasteiger charge is -2.12. The predicted octanol–water partition coefficient (Wildman–Crippen LogP) is 2.78. The average Bonchev–Trinajstić information content (AvgIpc) is 3.01. The van der Waals surface area contributed by atoms with Crippen LogP contribution in [0, 0.1) is 6.92 Å². The summed E-state index contributed by atoms with van der Waals surface area (Å²) in [7, 11) is 0. The first-order chi connectivity index (χ1) is 10.3. The number of nitrogens with two attached hydrogens (primary N) is 1. The molecule has 0 saturated carbocycles. The van der Waals surface area contributed by atoms with Gasteiger partial charge in [-0.15, -0.1) is 0 Å². The highest BCUT2D eigenvalue weighted by atomic mass is 15.3. The lowest BCUT2D eigenvalue weighted by Crippen LogP contribution is -2.06. The lowest BCUT2D eigenvalue weighted by molar-refractivity contribution is 0.859. The standard InChI is InChI=1S/C16H17N5/c1-12-5-7-18-16(9-12)20-14-3-4-15(13(10-14)11-17)21-8-2-6-19-21/h2-10H,11,17H2,1H3,(H,18,20). The van der Waals surface area contributed by atoms with Crippen LogP contribution in [0.5, 0.6) is 0 Å². The zero-order chi connectivity index (χ0) is 14.7. The summed E-state index contributed by atoms with van der Waals surface area (Å²) in [6, 6.07) is 11.9. The van der Waals surface area contributed by atoms with E-state index in [1.165, 1.54) is 5.56 Å². The molecule has 0 radical (unpaired) electrons. The second-order valence-corrected chi connectivity index (χ2v) is 4.84. The molecule has 1 aromatic carbocycles. The van der Waals surface area contributed by atoms with Crippen LogP contribution in [0.4, 0.5) is 11.5 Å². The van der Waals surface area contributed by atoms with Crippen molar-refractivity contribution < 1.29 is 0 Å². The molecule has 0 fully saturated rings. The summed E-state index contributed by atoms with van der Waals surface area (Å²) in [6.45, 7) is 2.49. The maximum atomic E-state index is 5.86. The number of hydrogen-bond acceptors (Lipinski definition) is 4. The maximum absolute atomic E-state index is 5.86. The average molecular weight is 279 g/mol. The minimum atomic E-state index is 0.450. The van der Waals surface area contributed by atoms with Crippen molar-refractivity contribution in [2.75, 3.05) is 5.32 Å². The molecule has 0 atom stereocenters. The molecule has 3 rings (SSSR count). The van der Waals surface area contributed by atoms with Crippen molar-refractivity contribution in [1.29, 1.82) is 0 Å². The molecule has 5 heteroatoms. The van der Waals surface area contributed by atoms with E-state index in [9.17, 15) is 0 Å². The van der Waals surface area contributed by atoms with Crippen LogP contribution in [0.1, 0.15) is 11.1 Å². The Morgan fingerprint density at radius 3 is 2.81 bits per heavy atom. The number of anilines is 2. The second kappa shape index (κ2) is 5.76. The molecule has 0 bridgehead atoms. The van der Waals surface area contributed by atoms with Gasteiger partial charge in [0.2, 0.25) is 0 Å². The highest BCUT2D eigenvalue weighted by Gasteiger charge is 2.06. The van der Waals surface area contributed by atoms with Gasteiger partial charge in [-0.25, -0.2) is 9.67 Å². The first-order valence-electron chi connectivity index (χ1n) is 6.79. The van der Waals surface area contributed by atoms with Gasteiger partial charge in [-0.3, -0.25) is 0 Å². The Hall–Kier alpha value is -2.66. The summed E-state index contributed by atoms with van der Waals surface area (Å²) in [5, 5.41) is 7.54. The molecule has 3 aromatic rings. The zero-order valence-corrected chi connectivity index (χ0v) is 11.8. The Balaban J connectivity index is 1.91. The molecule has 0 spiro atoms. The molecule has 21 heavy (non-hydrogen) atoms. The third-order valence-electron chi connectivity index (χ3n) is 3.24. The molecule has 0 aliphatic rings. The van der Waals surface area contributed by atoms with E-state index in [0.29, 0.717) is 6.54 Å². The fourth-order valence-electron chi connectivity index (χ4n) is 2.21. The van der Waals surface area contributed by atoms with Gasteiger partial charge in [-0.2, -0.15) is 5.10 Å². The normalized spacial score (nSPS) is 10.6. The van der Waals surface area contributed by atoms with E-state index in [0.717, 1.165) is 22.8 Å². The van der Waals surface area contributed by atoms with Crippen LogP contribution in [0.2, 0.25) is 0 Å². The van der Waals surface area contributed by atoms with E-state index in [1.54, 1.807) is 12.4 Å². The zero-order valence-electron chi connectivity index (χ0n) is 11.8. The summed E-state index contributed by atoms with van der Waals surface area (Å²) >= 11 is 0. The van der Waals surface area contributed by atoms with Crippen molar-refractivity contribution in [1.82, 2.24) is 14.8 Å². The van der Waals surface area contributed by atoms with Crippen molar-refractivity contribution in [2.45, 2.75) is 13.5 Å². The molecule has 5 nitrogen and oxygen atoms in total. The monoisotopic (exact) mass is 279 g/mol. The fourth-order valence-corrected chi connectivity index (χ4v) is 2.21. The first-order valence-corrected chi connectivity index (χ1v) is 6.79. The smallest absolute Gasteiger partial charge is 0.130 e. The van der Waals surface area contributed by atoms with Crippen LogP contribution in [-0.2, 0) is 6.54 Å². The third kappa shape index (κ3) is 2.93. The number of aryl methyl sites for hydroxylation is 1. The minimum Gasteiger partial charge on any atom is -0.340 e. The van der Waals surface area contributed by atoms with Crippen LogP contribution in [0.3, 0.4) is 0 Å². The number of benzene rings is 1. The number of hydrogen-bond donors (Lipinski definition) is 2. The van der Waals surface area contributed by atoms with E-state index < -0.39 is 0 Å². The summed E-state index contributed by atoms with van der Waals surface area (Å²) in [5.74, 6) is 0.824. The maximum Gasteiger partial charge on any atom is 0.130 e. The van der Waals surface area contributed by atoms with Crippen LogP contribution in [0.25, 0.3) is 5.69 Å². The molecule has 0 unspecified atom stereocenters. The van der Waals surface area contributed by atoms with Gasteiger partial charge in [0.1, 0.15) is 5.82 Å². The fraction of sp³-hybridized carbons (Fsp3) is 0.125. The molecular formula is C16H17N5. The van der Waals surface area contributed by atoms with Crippen LogP contribution < -0.4 is 11.1 Å². The Labute approximate surface area is 123 Å². The van der Waals surface area contributed by atoms with Gasteiger partial charge in [0.15, 0.2) is 0 Å². The number of nitrogens with one attached hydrogen (secondary N) is 1. The van der Waals surface area contributed by atoms with Gasteiger partial charge in [0.05, 0.1) is 5.69 Å². The molecule has 2 aromatic heterocycles. The second-order valence-electron chi connectivity index (χ2n) is 4.84. The van der Waals surface area contributed by atoms with Gasteiger partial charge >= 0.3 is 0 Å². The molecule has 0 amide bonds. The summed E-state index contributed by atoms with van der Waals surface area (Å²) in [6.07, 6.45) is 5.45. The minimum absolute atomic E-state index is 0.450. The first kappa shape index (κ1) is 13.3. The van der Waals surface area contributed by atoms with Crippen LogP contribution in [0.15, 0.2) is 55.0 Å². The highest BCUT2D eigenvalue weighted by Crippen LogP contribution is 2.21. The van der Waals surface area contributed by atoms with Crippen LogP contribution in [-0.4, -0.2) is 14.8 Å². The quantitative estimate of drug-likeness (QED) is 0.770. The van der Waals surface area contributed by atoms with E-state index in [1.807, 2.05) is 54.2 Å². The Kier molecular flexibility index (Phi) is 3.66. The molecule has 106 valence electrons. The van der Waals surface area contributed by atoms with Gasteiger partial charge in [0, 0.05) is 30.8 Å². The van der Waals surface area contributed by atoms with Gasteiger partial charge in [0.25, 0.3) is 0 Å². The molecule has 0 saturated heterocycles. The van der Waals surface area contributed by atoms with E-state index in [2.05, 4.69) is 15.4 Å². The number of rotatable bonds is 4. The lowest BCUT2D eigenvalue weighted by atomic mass is 10.1. The van der Waals surface area contributed by atoms with E-state index >= 15 is 0 Å². The van der Waals surface area contributed by atoms with Gasteiger partial charge in [-0.1, -0.05) is 0 Å². The van der Waals surface area contributed by atoms with Crippen LogP contribution >= 0.6 is 0 Å². The SMILES string of the molecule is Cc1ccnc(Nc2ccc(-n3cccn3)c(CN)c2)c1. The summed E-state index contributed by atoms with van der Waals surface area (Å²) in [5.41, 5.74) is 10.0. The largest absolute Gasteiger partial charge is 0.340 e.